The van der Waals surface area contributed by atoms with Crippen LogP contribution in [0.25, 0.3) is 0 Å². The predicted octanol–water partition coefficient (Wildman–Crippen LogP) is 2.83. The van der Waals surface area contributed by atoms with Crippen LogP contribution in [0.2, 0.25) is 0 Å². The van der Waals surface area contributed by atoms with Crippen LogP contribution in [-0.2, 0) is 24.8 Å². The second kappa shape index (κ2) is 9.78. The first-order valence-corrected chi connectivity index (χ1v) is 11.9. The van der Waals surface area contributed by atoms with E-state index < -0.39 is 33.1 Å². The van der Waals surface area contributed by atoms with Crippen molar-refractivity contribution in [2.24, 2.45) is 5.73 Å². The van der Waals surface area contributed by atoms with Gasteiger partial charge in [-0.1, -0.05) is 78.9 Å². The minimum Gasteiger partial charge on any atom is -0.368 e. The second-order valence-electron chi connectivity index (χ2n) is 7.71. The molecule has 6 nitrogen and oxygen atoms in total. The molecular formula is C25H26N2O4S. The van der Waals surface area contributed by atoms with Crippen molar-refractivity contribution in [3.05, 3.63) is 102 Å². The fraction of sp³-hybridized carbons (Fsp3) is 0.200. The van der Waals surface area contributed by atoms with E-state index >= 15 is 0 Å². The van der Waals surface area contributed by atoms with Crippen molar-refractivity contribution in [3.63, 3.8) is 0 Å². The van der Waals surface area contributed by atoms with Gasteiger partial charge in [-0.2, -0.15) is 0 Å². The van der Waals surface area contributed by atoms with Gasteiger partial charge in [0, 0.05) is 0 Å². The molecule has 0 aliphatic rings. The lowest BCUT2D eigenvalue weighted by molar-refractivity contribution is -0.129. The molecular weight excluding hydrogens is 424 g/mol. The normalized spacial score (nSPS) is 12.7. The molecule has 1 atom stereocenters. The highest BCUT2D eigenvalue weighted by Crippen LogP contribution is 2.32. The zero-order chi connectivity index (χ0) is 23.2. The molecule has 0 heterocycles. The van der Waals surface area contributed by atoms with Crippen LogP contribution in [0.15, 0.2) is 95.9 Å². The molecule has 0 radical (unpaired) electrons. The molecule has 3 aromatic rings. The number of nitrogens with one attached hydrogen (secondary N) is 1. The van der Waals surface area contributed by atoms with E-state index in [0.29, 0.717) is 0 Å². The monoisotopic (exact) mass is 450 g/mol. The highest BCUT2D eigenvalue weighted by molar-refractivity contribution is 7.91. The van der Waals surface area contributed by atoms with Crippen molar-refractivity contribution < 1.29 is 18.0 Å². The van der Waals surface area contributed by atoms with E-state index in [4.69, 9.17) is 5.73 Å². The second-order valence-corrected chi connectivity index (χ2v) is 9.82. The number of carbonyl (C=O) groups excluding carboxylic acids is 2. The van der Waals surface area contributed by atoms with Crippen molar-refractivity contribution >= 4 is 21.7 Å². The highest BCUT2D eigenvalue weighted by Gasteiger charge is 2.38. The van der Waals surface area contributed by atoms with Crippen LogP contribution in [0.1, 0.15) is 24.5 Å². The Kier molecular flexibility index (Phi) is 7.10. The lowest BCUT2D eigenvalue weighted by Crippen LogP contribution is -2.52. The average Bonchev–Trinajstić information content (AvgIpc) is 2.82. The van der Waals surface area contributed by atoms with Gasteiger partial charge in [0.2, 0.25) is 11.8 Å². The largest absolute Gasteiger partial charge is 0.368 e. The van der Waals surface area contributed by atoms with Crippen molar-refractivity contribution in [1.82, 2.24) is 5.32 Å². The third-order valence-electron chi connectivity index (χ3n) is 5.58. The van der Waals surface area contributed by atoms with Crippen LogP contribution < -0.4 is 11.1 Å². The molecule has 0 aromatic heterocycles. The molecule has 0 aliphatic heterocycles. The molecule has 0 saturated heterocycles. The number of hydrogen-bond acceptors (Lipinski definition) is 4. The molecule has 32 heavy (non-hydrogen) atoms. The van der Waals surface area contributed by atoms with Gasteiger partial charge in [0.15, 0.2) is 9.84 Å². The lowest BCUT2D eigenvalue weighted by Gasteiger charge is -2.31. The highest BCUT2D eigenvalue weighted by atomic mass is 32.2. The summed E-state index contributed by atoms with van der Waals surface area (Å²) in [7, 11) is -3.62. The van der Waals surface area contributed by atoms with Gasteiger partial charge >= 0.3 is 0 Å². The van der Waals surface area contributed by atoms with Gasteiger partial charge in [-0.05, 0) is 36.6 Å². The number of carbonyl (C=O) groups is 2. The van der Waals surface area contributed by atoms with Gasteiger partial charge in [0.05, 0.1) is 16.1 Å². The number of primary amides is 1. The summed E-state index contributed by atoms with van der Waals surface area (Å²) in [5, 5.41) is 2.70. The number of nitrogens with two attached hydrogens (primary N) is 1. The van der Waals surface area contributed by atoms with Gasteiger partial charge in [0.25, 0.3) is 0 Å². The van der Waals surface area contributed by atoms with E-state index in [1.54, 1.807) is 25.1 Å². The summed E-state index contributed by atoms with van der Waals surface area (Å²) in [6, 6.07) is 25.2. The van der Waals surface area contributed by atoms with Gasteiger partial charge in [-0.25, -0.2) is 8.42 Å². The fourth-order valence-corrected chi connectivity index (χ4v) is 4.93. The summed E-state index contributed by atoms with van der Waals surface area (Å²) >= 11 is 0. The molecule has 0 spiro atoms. The summed E-state index contributed by atoms with van der Waals surface area (Å²) in [4.78, 5) is 25.8. The smallest absolute Gasteiger partial charge is 0.240 e. The van der Waals surface area contributed by atoms with Crippen LogP contribution in [0.3, 0.4) is 0 Å². The van der Waals surface area contributed by atoms with Gasteiger partial charge in [-0.15, -0.1) is 0 Å². The number of hydrogen-bond donors (Lipinski definition) is 2. The Morgan fingerprint density at radius 2 is 1.28 bits per heavy atom. The Balaban J connectivity index is 1.86. The summed E-state index contributed by atoms with van der Waals surface area (Å²) in [6.07, 6.45) is -0.127. The summed E-state index contributed by atoms with van der Waals surface area (Å²) in [5.41, 5.74) is 5.90. The molecule has 0 fully saturated rings. The van der Waals surface area contributed by atoms with E-state index in [0.717, 1.165) is 11.1 Å². The standard InChI is InChI=1S/C25H26N2O4S/c1-25(19-11-5-2-6-12-19,20-13-7-3-8-14-20)24(29)27-22(23(26)28)17-18-32(30,31)21-15-9-4-10-16-21/h2-16,22H,17-18H2,1H3,(H2,26,28)(H,27,29)/t22-/m1/s1. The van der Waals surface area contributed by atoms with Gasteiger partial charge in [0.1, 0.15) is 6.04 Å². The van der Waals surface area contributed by atoms with E-state index in [2.05, 4.69) is 5.32 Å². The van der Waals surface area contributed by atoms with E-state index in [1.807, 2.05) is 60.7 Å². The minimum absolute atomic E-state index is 0.127. The Morgan fingerprint density at radius 3 is 1.72 bits per heavy atom. The van der Waals surface area contributed by atoms with Crippen molar-refractivity contribution in [2.75, 3.05) is 5.75 Å². The summed E-state index contributed by atoms with van der Waals surface area (Å²) < 4.78 is 25.2. The number of benzene rings is 3. The molecule has 2 amide bonds. The molecule has 7 heteroatoms. The predicted molar refractivity (Wildman–Crippen MR) is 124 cm³/mol. The third kappa shape index (κ3) is 5.06. The Morgan fingerprint density at radius 1 is 0.844 bits per heavy atom. The maximum atomic E-state index is 13.5. The maximum Gasteiger partial charge on any atom is 0.240 e. The molecule has 3 rings (SSSR count). The summed E-state index contributed by atoms with van der Waals surface area (Å²) in [6.45, 7) is 1.77. The SMILES string of the molecule is CC(C(=O)N[C@H](CCS(=O)(=O)c1ccccc1)C(N)=O)(c1ccccc1)c1ccccc1. The van der Waals surface area contributed by atoms with E-state index in [9.17, 15) is 18.0 Å². The molecule has 3 N–H and O–H groups in total. The van der Waals surface area contributed by atoms with Crippen LogP contribution in [0, 0.1) is 0 Å². The average molecular weight is 451 g/mol. The zero-order valence-electron chi connectivity index (χ0n) is 17.8. The van der Waals surface area contributed by atoms with Crippen LogP contribution in [-0.4, -0.2) is 32.0 Å². The number of sulfone groups is 1. The van der Waals surface area contributed by atoms with Crippen LogP contribution in [0.4, 0.5) is 0 Å². The lowest BCUT2D eigenvalue weighted by atomic mass is 9.75. The first kappa shape index (κ1) is 23.2. The first-order valence-electron chi connectivity index (χ1n) is 10.2. The van der Waals surface area contributed by atoms with Gasteiger partial charge in [-0.3, -0.25) is 9.59 Å². The Labute approximate surface area is 188 Å². The molecule has 0 bridgehead atoms. The Bertz CT molecular complexity index is 1120. The molecule has 0 saturated carbocycles. The van der Waals surface area contributed by atoms with Crippen LogP contribution in [0.5, 0.6) is 0 Å². The topological polar surface area (TPSA) is 106 Å². The number of rotatable bonds is 9. The van der Waals surface area contributed by atoms with Crippen molar-refractivity contribution in [2.45, 2.75) is 29.7 Å². The first-order chi connectivity index (χ1) is 15.2. The number of amides is 2. The maximum absolute atomic E-state index is 13.5. The van der Waals surface area contributed by atoms with Crippen LogP contribution >= 0.6 is 0 Å². The Hall–Kier alpha value is -3.45. The van der Waals surface area contributed by atoms with Gasteiger partial charge < -0.3 is 11.1 Å². The molecule has 0 aliphatic carbocycles. The molecule has 0 unspecified atom stereocenters. The minimum atomic E-state index is -3.62. The summed E-state index contributed by atoms with van der Waals surface area (Å²) in [5.74, 6) is -1.54. The third-order valence-corrected chi connectivity index (χ3v) is 7.35. The van der Waals surface area contributed by atoms with E-state index in [1.165, 1.54) is 12.1 Å². The van der Waals surface area contributed by atoms with Crippen molar-refractivity contribution in [3.8, 4) is 0 Å². The molecule has 166 valence electrons. The zero-order valence-corrected chi connectivity index (χ0v) is 18.6. The van der Waals surface area contributed by atoms with Crippen molar-refractivity contribution in [1.29, 1.82) is 0 Å². The fourth-order valence-electron chi connectivity index (χ4n) is 3.58. The molecule has 3 aromatic carbocycles. The quantitative estimate of drug-likeness (QED) is 0.523. The van der Waals surface area contributed by atoms with E-state index in [-0.39, 0.29) is 17.1 Å².